The molecule has 0 radical (unpaired) electrons. The molecule has 2 aliphatic rings. The van der Waals surface area contributed by atoms with Crippen molar-refractivity contribution in [2.45, 2.75) is 78.0 Å². The van der Waals surface area contributed by atoms with Crippen molar-refractivity contribution in [3.63, 3.8) is 0 Å². The van der Waals surface area contributed by atoms with Gasteiger partial charge in [0.2, 0.25) is 0 Å². The van der Waals surface area contributed by atoms with Gasteiger partial charge in [-0.3, -0.25) is 4.90 Å². The van der Waals surface area contributed by atoms with E-state index in [4.69, 9.17) is 9.47 Å². The Morgan fingerprint density at radius 3 is 2.38 bits per heavy atom. The minimum Gasteiger partial charge on any atom is -0.372 e. The summed E-state index contributed by atoms with van der Waals surface area (Å²) in [6, 6.07) is 1.89. The molecule has 0 amide bonds. The minimum absolute atomic E-state index is 0.0911. The van der Waals surface area contributed by atoms with Crippen molar-refractivity contribution in [2.24, 2.45) is 0 Å². The van der Waals surface area contributed by atoms with E-state index in [0.29, 0.717) is 44.0 Å². The molecule has 0 aromatic carbocycles. The van der Waals surface area contributed by atoms with Crippen molar-refractivity contribution < 1.29 is 22.6 Å². The van der Waals surface area contributed by atoms with Crippen LogP contribution in [0.2, 0.25) is 0 Å². The van der Waals surface area contributed by atoms with Crippen molar-refractivity contribution in [1.82, 2.24) is 14.9 Å². The van der Waals surface area contributed by atoms with Gasteiger partial charge in [-0.2, -0.15) is 13.2 Å². The highest BCUT2D eigenvalue weighted by Crippen LogP contribution is 2.39. The fraction of sp³-hybridized carbons (Fsp3) is 0.680. The van der Waals surface area contributed by atoms with Crippen LogP contribution in [0.4, 0.5) is 19.0 Å². The summed E-state index contributed by atoms with van der Waals surface area (Å²) in [6.07, 6.45) is 4.15. The average molecular weight is 485 g/mol. The Bertz CT molecular complexity index is 847. The molecule has 6 nitrogen and oxygen atoms in total. The van der Waals surface area contributed by atoms with Crippen LogP contribution in [0.25, 0.3) is 0 Å². The molecule has 0 spiro atoms. The molecule has 9 heteroatoms. The topological polar surface area (TPSA) is 50.7 Å². The standard InChI is InChI=1S/C23H33F3N4O2.C2H6/c1-6-8-17(7-2)18-14-30(21(3,4)32-18)20-13-19(27-16-28-20)22(31-5)9-11-29(12-10-22)15-23(24,25)26;1-2/h6-8,13,16,18H,9-12,14-15H2,1-5H3;1-2H3/b8-6-,17-7+;. The van der Waals surface area contributed by atoms with E-state index in [2.05, 4.69) is 14.9 Å². The van der Waals surface area contributed by atoms with Gasteiger partial charge in [0.05, 0.1) is 18.8 Å². The maximum absolute atomic E-state index is 12.8. The third-order valence-corrected chi connectivity index (χ3v) is 6.35. The minimum atomic E-state index is -4.20. The van der Waals surface area contributed by atoms with Crippen LogP contribution in [0.15, 0.2) is 36.2 Å². The molecule has 3 rings (SSSR count). The predicted molar refractivity (Wildman–Crippen MR) is 129 cm³/mol. The summed E-state index contributed by atoms with van der Waals surface area (Å²) in [5.41, 5.74) is 0.476. The zero-order valence-corrected chi connectivity index (χ0v) is 21.4. The summed E-state index contributed by atoms with van der Waals surface area (Å²) in [4.78, 5) is 12.5. The van der Waals surface area contributed by atoms with Crippen molar-refractivity contribution in [3.05, 3.63) is 41.9 Å². The Kier molecular flexibility index (Phi) is 9.68. The van der Waals surface area contributed by atoms with Crippen LogP contribution in [-0.2, 0) is 15.1 Å². The van der Waals surface area contributed by atoms with Gasteiger partial charge >= 0.3 is 6.18 Å². The van der Waals surface area contributed by atoms with E-state index in [0.717, 1.165) is 5.57 Å². The fourth-order valence-corrected chi connectivity index (χ4v) is 4.59. The second kappa shape index (κ2) is 11.6. The molecule has 2 saturated heterocycles. The van der Waals surface area contributed by atoms with Crippen LogP contribution in [-0.4, -0.2) is 66.2 Å². The Balaban J connectivity index is 0.00000199. The third-order valence-electron chi connectivity index (χ3n) is 6.35. The highest BCUT2D eigenvalue weighted by molar-refractivity contribution is 5.45. The monoisotopic (exact) mass is 484 g/mol. The molecule has 1 aromatic rings. The van der Waals surface area contributed by atoms with Gasteiger partial charge in [0, 0.05) is 26.3 Å². The number of hydrogen-bond donors (Lipinski definition) is 0. The first-order valence-corrected chi connectivity index (χ1v) is 11.9. The van der Waals surface area contributed by atoms with Gasteiger partial charge in [0.25, 0.3) is 0 Å². The van der Waals surface area contributed by atoms with Gasteiger partial charge < -0.3 is 14.4 Å². The Morgan fingerprint density at radius 2 is 1.85 bits per heavy atom. The van der Waals surface area contributed by atoms with Gasteiger partial charge in [-0.25, -0.2) is 9.97 Å². The van der Waals surface area contributed by atoms with E-state index in [9.17, 15) is 13.2 Å². The van der Waals surface area contributed by atoms with E-state index >= 15 is 0 Å². The van der Waals surface area contributed by atoms with Crippen LogP contribution in [0.1, 0.15) is 60.1 Å². The van der Waals surface area contributed by atoms with Crippen molar-refractivity contribution in [2.75, 3.05) is 38.2 Å². The smallest absolute Gasteiger partial charge is 0.372 e. The third kappa shape index (κ3) is 6.58. The number of allylic oxidation sites excluding steroid dienone is 2. The normalized spacial score (nSPS) is 23.2. The molecule has 1 aromatic heterocycles. The first-order chi connectivity index (χ1) is 16.0. The van der Waals surface area contributed by atoms with E-state index in [1.54, 1.807) is 7.11 Å². The summed E-state index contributed by atoms with van der Waals surface area (Å²) >= 11 is 0. The van der Waals surface area contributed by atoms with Crippen LogP contribution in [0.5, 0.6) is 0 Å². The van der Waals surface area contributed by atoms with Crippen LogP contribution >= 0.6 is 0 Å². The summed E-state index contributed by atoms with van der Waals surface area (Å²) in [7, 11) is 1.59. The van der Waals surface area contributed by atoms with Gasteiger partial charge in [0.1, 0.15) is 29.6 Å². The number of likely N-dealkylation sites (tertiary alicyclic amines) is 1. The van der Waals surface area contributed by atoms with Crippen LogP contribution < -0.4 is 4.90 Å². The Morgan fingerprint density at radius 1 is 1.21 bits per heavy atom. The van der Waals surface area contributed by atoms with Crippen molar-refractivity contribution in [1.29, 1.82) is 0 Å². The number of rotatable bonds is 6. The summed E-state index contributed by atoms with van der Waals surface area (Å²) in [5.74, 6) is 0.715. The molecular formula is C25H39F3N4O2. The lowest BCUT2D eigenvalue weighted by atomic mass is 9.87. The maximum Gasteiger partial charge on any atom is 0.401 e. The molecule has 2 aliphatic heterocycles. The predicted octanol–water partition coefficient (Wildman–Crippen LogP) is 5.47. The fourth-order valence-electron chi connectivity index (χ4n) is 4.59. The molecular weight excluding hydrogens is 445 g/mol. The molecule has 0 bridgehead atoms. The summed E-state index contributed by atoms with van der Waals surface area (Å²) < 4.78 is 50.5. The average Bonchev–Trinajstić information content (AvgIpc) is 3.13. The van der Waals surface area contributed by atoms with E-state index < -0.39 is 24.0 Å². The Hall–Kier alpha value is -1.97. The number of halogens is 3. The number of hydrogen-bond acceptors (Lipinski definition) is 6. The van der Waals surface area contributed by atoms with E-state index in [-0.39, 0.29) is 6.10 Å². The number of piperidine rings is 1. The SMILES string of the molecule is C/C=C\C(=C/C)C1CN(c2cc(C3(OC)CCN(CC(F)(F)F)CC3)ncn2)C(C)(C)O1.CC. The largest absolute Gasteiger partial charge is 0.401 e. The molecule has 1 unspecified atom stereocenters. The lowest BCUT2D eigenvalue weighted by molar-refractivity contribution is -0.157. The zero-order chi connectivity index (χ0) is 25.6. The lowest BCUT2D eigenvalue weighted by Crippen LogP contribution is -2.47. The highest BCUT2D eigenvalue weighted by atomic mass is 19.4. The second-order valence-corrected chi connectivity index (χ2v) is 8.80. The van der Waals surface area contributed by atoms with Gasteiger partial charge in [-0.15, -0.1) is 0 Å². The highest BCUT2D eigenvalue weighted by Gasteiger charge is 2.43. The summed E-state index contributed by atoms with van der Waals surface area (Å²) in [5, 5.41) is 0. The number of nitrogens with zero attached hydrogens (tertiary/aromatic N) is 4. The molecule has 192 valence electrons. The van der Waals surface area contributed by atoms with Crippen LogP contribution in [0, 0.1) is 0 Å². The molecule has 1 atom stereocenters. The van der Waals surface area contributed by atoms with Gasteiger partial charge in [-0.05, 0) is 46.1 Å². The van der Waals surface area contributed by atoms with Crippen LogP contribution in [0.3, 0.4) is 0 Å². The molecule has 0 N–H and O–H groups in total. The second-order valence-electron chi connectivity index (χ2n) is 8.80. The zero-order valence-electron chi connectivity index (χ0n) is 21.4. The number of ether oxygens (including phenoxy) is 2. The maximum atomic E-state index is 12.8. The quantitative estimate of drug-likeness (QED) is 0.500. The number of anilines is 1. The van der Waals surface area contributed by atoms with Gasteiger partial charge in [0.15, 0.2) is 0 Å². The number of aromatic nitrogens is 2. The first kappa shape index (κ1) is 28.3. The van der Waals surface area contributed by atoms with E-state index in [1.165, 1.54) is 11.2 Å². The Labute approximate surface area is 201 Å². The summed E-state index contributed by atoms with van der Waals surface area (Å²) in [6.45, 7) is 12.3. The molecule has 3 heterocycles. The van der Waals surface area contributed by atoms with Gasteiger partial charge in [-0.1, -0.05) is 32.1 Å². The molecule has 2 fully saturated rings. The molecule has 0 aliphatic carbocycles. The lowest BCUT2D eigenvalue weighted by Gasteiger charge is -2.41. The molecule has 0 saturated carbocycles. The van der Waals surface area contributed by atoms with Crippen molar-refractivity contribution in [3.8, 4) is 0 Å². The first-order valence-electron chi connectivity index (χ1n) is 11.9. The number of alkyl halides is 3. The van der Waals surface area contributed by atoms with Crippen molar-refractivity contribution >= 4 is 5.82 Å². The molecule has 34 heavy (non-hydrogen) atoms. The van der Waals surface area contributed by atoms with E-state index in [1.807, 2.05) is 65.8 Å². The number of methoxy groups -OCH3 is 1.